The van der Waals surface area contributed by atoms with Crippen molar-refractivity contribution in [1.82, 2.24) is 5.32 Å². The molecule has 0 aliphatic carbocycles. The monoisotopic (exact) mass is 249 g/mol. The van der Waals surface area contributed by atoms with Gasteiger partial charge >= 0.3 is 0 Å². The first-order chi connectivity index (χ1) is 8.61. The van der Waals surface area contributed by atoms with Crippen LogP contribution in [-0.2, 0) is 16.0 Å². The molecule has 1 rings (SSSR count). The molecule has 0 bridgehead atoms. The number of anilines is 1. The summed E-state index contributed by atoms with van der Waals surface area (Å²) in [6.07, 6.45) is 1.12. The van der Waals surface area contributed by atoms with Crippen molar-refractivity contribution < 1.29 is 9.59 Å². The van der Waals surface area contributed by atoms with E-state index in [9.17, 15) is 9.59 Å². The second-order valence-corrected chi connectivity index (χ2v) is 4.02. The Kier molecular flexibility index (Phi) is 5.87. The van der Waals surface area contributed by atoms with Gasteiger partial charge in [0.15, 0.2) is 0 Å². The van der Waals surface area contributed by atoms with Gasteiger partial charge in [0.25, 0.3) is 0 Å². The molecule has 0 saturated carbocycles. The Balaban J connectivity index is 2.35. The van der Waals surface area contributed by atoms with Crippen molar-refractivity contribution in [2.45, 2.75) is 19.8 Å². The summed E-state index contributed by atoms with van der Waals surface area (Å²) in [5.74, 6) is -0.107. The molecule has 0 aliphatic rings. The Morgan fingerprint density at radius 1 is 1.22 bits per heavy atom. The molecule has 0 heterocycles. The van der Waals surface area contributed by atoms with Crippen molar-refractivity contribution in [3.8, 4) is 0 Å². The zero-order chi connectivity index (χ0) is 13.4. The third-order valence-electron chi connectivity index (χ3n) is 2.38. The maximum atomic E-state index is 11.2. The average molecular weight is 249 g/mol. The Morgan fingerprint density at radius 2 is 1.89 bits per heavy atom. The van der Waals surface area contributed by atoms with Crippen LogP contribution in [0.4, 0.5) is 5.69 Å². The number of nitrogens with two attached hydrogens (primary N) is 1. The van der Waals surface area contributed by atoms with Gasteiger partial charge in [-0.25, -0.2) is 0 Å². The number of benzene rings is 1. The van der Waals surface area contributed by atoms with Gasteiger partial charge in [0.2, 0.25) is 11.8 Å². The molecular formula is C13H19N3O2. The highest BCUT2D eigenvalue weighted by Gasteiger charge is 1.99. The first kappa shape index (κ1) is 14.2. The van der Waals surface area contributed by atoms with Gasteiger partial charge in [-0.1, -0.05) is 12.1 Å². The molecular weight excluding hydrogens is 230 g/mol. The van der Waals surface area contributed by atoms with Crippen molar-refractivity contribution >= 4 is 17.5 Å². The number of hydrogen-bond acceptors (Lipinski definition) is 3. The number of hydrogen-bond donors (Lipinski definition) is 3. The number of carbonyl (C=O) groups excluding carboxylic acids is 2. The average Bonchev–Trinajstić information content (AvgIpc) is 2.31. The molecule has 0 radical (unpaired) electrons. The topological polar surface area (TPSA) is 84.2 Å². The van der Waals surface area contributed by atoms with E-state index in [1.807, 2.05) is 24.3 Å². The molecule has 2 amide bonds. The van der Waals surface area contributed by atoms with Crippen LogP contribution in [0.5, 0.6) is 0 Å². The lowest BCUT2D eigenvalue weighted by Gasteiger charge is -2.06. The predicted molar refractivity (Wildman–Crippen MR) is 71.1 cm³/mol. The first-order valence-corrected chi connectivity index (χ1v) is 5.95. The molecule has 0 saturated heterocycles. The molecule has 0 spiro atoms. The van der Waals surface area contributed by atoms with Crippen molar-refractivity contribution in [1.29, 1.82) is 0 Å². The zero-order valence-electron chi connectivity index (χ0n) is 10.5. The standard InChI is InChI=1S/C13H19N3O2/c1-10(17)16-12-4-2-11(3-5-12)7-9-15-13(18)6-8-14/h2-5H,6-9,14H2,1H3,(H,15,18)(H,16,17). The molecule has 18 heavy (non-hydrogen) atoms. The van der Waals surface area contributed by atoms with E-state index in [0.29, 0.717) is 19.5 Å². The number of amides is 2. The minimum Gasteiger partial charge on any atom is -0.356 e. The van der Waals surface area contributed by atoms with Crippen LogP contribution in [0.1, 0.15) is 18.9 Å². The van der Waals surface area contributed by atoms with E-state index < -0.39 is 0 Å². The lowest BCUT2D eigenvalue weighted by Crippen LogP contribution is -2.27. The predicted octanol–water partition coefficient (Wildman–Crippen LogP) is 0.653. The second-order valence-electron chi connectivity index (χ2n) is 4.02. The van der Waals surface area contributed by atoms with Crippen molar-refractivity contribution in [2.24, 2.45) is 5.73 Å². The maximum Gasteiger partial charge on any atom is 0.221 e. The number of carbonyl (C=O) groups is 2. The highest BCUT2D eigenvalue weighted by atomic mass is 16.2. The van der Waals surface area contributed by atoms with Crippen LogP contribution in [0.25, 0.3) is 0 Å². The van der Waals surface area contributed by atoms with Gasteiger partial charge in [-0.15, -0.1) is 0 Å². The summed E-state index contributed by atoms with van der Waals surface area (Å²) in [6.45, 7) is 2.44. The normalized spacial score (nSPS) is 9.89. The van der Waals surface area contributed by atoms with E-state index >= 15 is 0 Å². The van der Waals surface area contributed by atoms with E-state index in [1.54, 1.807) is 0 Å². The molecule has 4 N–H and O–H groups in total. The minimum absolute atomic E-state index is 0.0210. The summed E-state index contributed by atoms with van der Waals surface area (Å²) in [7, 11) is 0. The Bertz CT molecular complexity index is 401. The third kappa shape index (κ3) is 5.45. The quantitative estimate of drug-likeness (QED) is 0.692. The van der Waals surface area contributed by atoms with Crippen LogP contribution in [0.15, 0.2) is 24.3 Å². The van der Waals surface area contributed by atoms with Gasteiger partial charge in [0, 0.05) is 32.1 Å². The summed E-state index contributed by atoms with van der Waals surface area (Å²) in [5.41, 5.74) is 7.16. The van der Waals surface area contributed by atoms with Gasteiger partial charge in [0.05, 0.1) is 0 Å². The van der Waals surface area contributed by atoms with Crippen molar-refractivity contribution in [2.75, 3.05) is 18.4 Å². The van der Waals surface area contributed by atoms with Crippen molar-refractivity contribution in [3.05, 3.63) is 29.8 Å². The third-order valence-corrected chi connectivity index (χ3v) is 2.38. The number of nitrogens with one attached hydrogen (secondary N) is 2. The highest BCUT2D eigenvalue weighted by Crippen LogP contribution is 2.09. The zero-order valence-corrected chi connectivity index (χ0v) is 10.5. The van der Waals surface area contributed by atoms with E-state index in [-0.39, 0.29) is 11.8 Å². The summed E-state index contributed by atoms with van der Waals surface area (Å²) in [5, 5.41) is 5.49. The molecule has 1 aromatic rings. The molecule has 0 atom stereocenters. The van der Waals surface area contributed by atoms with E-state index in [2.05, 4.69) is 10.6 Å². The summed E-state index contributed by atoms with van der Waals surface area (Å²) in [4.78, 5) is 22.0. The van der Waals surface area contributed by atoms with E-state index in [0.717, 1.165) is 17.7 Å². The lowest BCUT2D eigenvalue weighted by atomic mass is 10.1. The minimum atomic E-state index is -0.0863. The maximum absolute atomic E-state index is 11.2. The van der Waals surface area contributed by atoms with Gasteiger partial charge in [-0.05, 0) is 24.1 Å². The molecule has 0 unspecified atom stereocenters. The molecule has 0 aliphatic heterocycles. The summed E-state index contributed by atoms with van der Waals surface area (Å²) in [6, 6.07) is 7.55. The van der Waals surface area contributed by atoms with Gasteiger partial charge in [-0.3, -0.25) is 9.59 Å². The van der Waals surface area contributed by atoms with Gasteiger partial charge < -0.3 is 16.4 Å². The van der Waals surface area contributed by atoms with Crippen molar-refractivity contribution in [3.63, 3.8) is 0 Å². The van der Waals surface area contributed by atoms with Crippen LogP contribution in [0, 0.1) is 0 Å². The molecule has 0 fully saturated rings. The van der Waals surface area contributed by atoms with Crippen LogP contribution >= 0.6 is 0 Å². The smallest absolute Gasteiger partial charge is 0.221 e. The summed E-state index contributed by atoms with van der Waals surface area (Å²) >= 11 is 0. The lowest BCUT2D eigenvalue weighted by molar-refractivity contribution is -0.120. The van der Waals surface area contributed by atoms with Gasteiger partial charge in [-0.2, -0.15) is 0 Å². The Labute approximate surface area is 107 Å². The van der Waals surface area contributed by atoms with Crippen LogP contribution < -0.4 is 16.4 Å². The Hall–Kier alpha value is -1.88. The molecule has 1 aromatic carbocycles. The SMILES string of the molecule is CC(=O)Nc1ccc(CCNC(=O)CCN)cc1. The van der Waals surface area contributed by atoms with Crippen LogP contribution in [0.3, 0.4) is 0 Å². The second kappa shape index (κ2) is 7.45. The fraction of sp³-hybridized carbons (Fsp3) is 0.385. The molecule has 5 heteroatoms. The highest BCUT2D eigenvalue weighted by molar-refractivity contribution is 5.88. The molecule has 98 valence electrons. The van der Waals surface area contributed by atoms with Gasteiger partial charge in [0.1, 0.15) is 0 Å². The molecule has 5 nitrogen and oxygen atoms in total. The number of rotatable bonds is 6. The van der Waals surface area contributed by atoms with Crippen LogP contribution in [0.2, 0.25) is 0 Å². The first-order valence-electron chi connectivity index (χ1n) is 5.95. The summed E-state index contributed by atoms with van der Waals surface area (Å²) < 4.78 is 0. The van der Waals surface area contributed by atoms with E-state index in [1.165, 1.54) is 6.92 Å². The fourth-order valence-electron chi connectivity index (χ4n) is 1.52. The fourth-order valence-corrected chi connectivity index (χ4v) is 1.52. The largest absolute Gasteiger partial charge is 0.356 e. The van der Waals surface area contributed by atoms with E-state index in [4.69, 9.17) is 5.73 Å². The molecule has 0 aromatic heterocycles. The Morgan fingerprint density at radius 3 is 2.44 bits per heavy atom. The van der Waals surface area contributed by atoms with Crippen LogP contribution in [-0.4, -0.2) is 24.9 Å².